The molecule has 0 bridgehead atoms. The van der Waals surface area contributed by atoms with E-state index in [1.165, 1.54) is 0 Å². The van der Waals surface area contributed by atoms with Gasteiger partial charge in [0.15, 0.2) is 0 Å². The number of ether oxygens (including phenoxy) is 3. The molecule has 7 nitrogen and oxygen atoms in total. The second kappa shape index (κ2) is 9.50. The van der Waals surface area contributed by atoms with E-state index in [0.717, 1.165) is 0 Å². The molecule has 1 fully saturated rings. The molecule has 1 heterocycles. The van der Waals surface area contributed by atoms with E-state index in [0.29, 0.717) is 5.56 Å². The maximum atomic E-state index is 12.6. The number of rotatable bonds is 6. The molecule has 1 N–H and O–H groups in total. The average molecular weight is 377 g/mol. The van der Waals surface area contributed by atoms with Crippen LogP contribution in [0, 0.1) is 11.8 Å². The molecular weight excluding hydrogens is 350 g/mol. The number of esters is 3. The first kappa shape index (κ1) is 20.9. The third-order valence-corrected chi connectivity index (χ3v) is 4.68. The average Bonchev–Trinajstić information content (AvgIpc) is 2.62. The van der Waals surface area contributed by atoms with Crippen molar-refractivity contribution in [3.05, 3.63) is 35.9 Å². The zero-order valence-electron chi connectivity index (χ0n) is 16.1. The van der Waals surface area contributed by atoms with E-state index >= 15 is 0 Å². The maximum Gasteiger partial charge on any atom is 0.338 e. The van der Waals surface area contributed by atoms with E-state index in [-0.39, 0.29) is 25.3 Å². The molecule has 1 saturated heterocycles. The second-order valence-electron chi connectivity index (χ2n) is 6.54. The minimum atomic E-state index is -0.984. The van der Waals surface area contributed by atoms with Crippen LogP contribution in [0.15, 0.2) is 30.3 Å². The molecule has 0 saturated carbocycles. The van der Waals surface area contributed by atoms with Crippen molar-refractivity contribution in [3.8, 4) is 0 Å². The molecular formula is C20H27NO6. The predicted octanol–water partition coefficient (Wildman–Crippen LogP) is 1.95. The summed E-state index contributed by atoms with van der Waals surface area (Å²) in [7, 11) is 0. The van der Waals surface area contributed by atoms with E-state index < -0.39 is 35.8 Å². The van der Waals surface area contributed by atoms with E-state index in [4.69, 9.17) is 14.2 Å². The smallest absolute Gasteiger partial charge is 0.338 e. The van der Waals surface area contributed by atoms with Crippen LogP contribution >= 0.6 is 0 Å². The van der Waals surface area contributed by atoms with Crippen LogP contribution in [0.2, 0.25) is 0 Å². The lowest BCUT2D eigenvalue weighted by atomic mass is 9.78. The Labute approximate surface area is 159 Å². The first-order valence-corrected chi connectivity index (χ1v) is 9.26. The molecule has 1 aromatic rings. The van der Waals surface area contributed by atoms with Crippen LogP contribution in [0.5, 0.6) is 0 Å². The van der Waals surface area contributed by atoms with Gasteiger partial charge in [0.25, 0.3) is 0 Å². The van der Waals surface area contributed by atoms with Gasteiger partial charge < -0.3 is 19.5 Å². The number of hydrogen-bond acceptors (Lipinski definition) is 7. The van der Waals surface area contributed by atoms with Crippen molar-refractivity contribution in [2.24, 2.45) is 11.8 Å². The molecule has 0 aliphatic carbocycles. The summed E-state index contributed by atoms with van der Waals surface area (Å²) in [4.78, 5) is 37.8. The van der Waals surface area contributed by atoms with Crippen molar-refractivity contribution >= 4 is 17.9 Å². The first-order valence-electron chi connectivity index (χ1n) is 9.26. The van der Waals surface area contributed by atoms with E-state index in [2.05, 4.69) is 5.32 Å². The van der Waals surface area contributed by atoms with Crippen molar-refractivity contribution in [1.82, 2.24) is 5.32 Å². The predicted molar refractivity (Wildman–Crippen MR) is 98.0 cm³/mol. The Kier molecular flexibility index (Phi) is 7.36. The Morgan fingerprint density at radius 1 is 0.889 bits per heavy atom. The summed E-state index contributed by atoms with van der Waals surface area (Å²) in [6, 6.07) is 7.79. The van der Waals surface area contributed by atoms with Gasteiger partial charge in [-0.1, -0.05) is 18.2 Å². The third kappa shape index (κ3) is 4.86. The largest absolute Gasteiger partial charge is 0.466 e. The highest BCUT2D eigenvalue weighted by atomic mass is 16.6. The third-order valence-electron chi connectivity index (χ3n) is 4.68. The first-order chi connectivity index (χ1) is 12.9. The van der Waals surface area contributed by atoms with Gasteiger partial charge in [0.2, 0.25) is 0 Å². The molecule has 4 unspecified atom stereocenters. The van der Waals surface area contributed by atoms with Crippen LogP contribution in [0.1, 0.15) is 38.1 Å². The van der Waals surface area contributed by atoms with E-state index in [1.807, 2.05) is 13.8 Å². The van der Waals surface area contributed by atoms with Gasteiger partial charge in [-0.15, -0.1) is 0 Å². The summed E-state index contributed by atoms with van der Waals surface area (Å²) in [5, 5.41) is 3.21. The lowest BCUT2D eigenvalue weighted by molar-refractivity contribution is -0.167. The summed E-state index contributed by atoms with van der Waals surface area (Å²) in [5.74, 6) is -3.24. The quantitative estimate of drug-likeness (QED) is 0.598. The number of carbonyl (C=O) groups is 3. The molecule has 0 spiro atoms. The van der Waals surface area contributed by atoms with Gasteiger partial charge >= 0.3 is 17.9 Å². The van der Waals surface area contributed by atoms with Crippen LogP contribution in [-0.4, -0.2) is 49.3 Å². The molecule has 148 valence electrons. The lowest BCUT2D eigenvalue weighted by Gasteiger charge is -2.42. The van der Waals surface area contributed by atoms with Gasteiger partial charge in [0.05, 0.1) is 18.8 Å². The SMILES string of the molecule is CCOC(=O)C1C(C)NC(C)C(C(=O)OCC)C1OC(=O)c1ccccc1. The molecule has 27 heavy (non-hydrogen) atoms. The summed E-state index contributed by atoms with van der Waals surface area (Å²) in [6.45, 7) is 7.41. The fourth-order valence-electron chi connectivity index (χ4n) is 3.48. The monoisotopic (exact) mass is 377 g/mol. The molecule has 1 aliphatic heterocycles. The van der Waals surface area contributed by atoms with Crippen molar-refractivity contribution in [3.63, 3.8) is 0 Å². The normalized spacial score (nSPS) is 27.5. The molecule has 4 atom stereocenters. The Hall–Kier alpha value is -2.41. The van der Waals surface area contributed by atoms with Crippen LogP contribution in [-0.2, 0) is 23.8 Å². The number of nitrogens with one attached hydrogen (secondary N) is 1. The maximum absolute atomic E-state index is 12.6. The highest BCUT2D eigenvalue weighted by molar-refractivity contribution is 5.90. The summed E-state index contributed by atoms with van der Waals surface area (Å²) < 4.78 is 16.0. The van der Waals surface area contributed by atoms with E-state index in [1.54, 1.807) is 44.2 Å². The molecule has 7 heteroatoms. The Morgan fingerprint density at radius 3 is 1.81 bits per heavy atom. The fraction of sp³-hybridized carbons (Fsp3) is 0.550. The van der Waals surface area contributed by atoms with Crippen LogP contribution < -0.4 is 5.32 Å². The summed E-state index contributed by atoms with van der Waals surface area (Å²) in [6.07, 6.45) is -0.984. The van der Waals surface area contributed by atoms with Gasteiger partial charge in [-0.3, -0.25) is 9.59 Å². The van der Waals surface area contributed by atoms with Gasteiger partial charge in [-0.25, -0.2) is 4.79 Å². The number of benzene rings is 1. The second-order valence-corrected chi connectivity index (χ2v) is 6.54. The fourth-order valence-corrected chi connectivity index (χ4v) is 3.48. The highest BCUT2D eigenvalue weighted by Gasteiger charge is 2.51. The van der Waals surface area contributed by atoms with Gasteiger partial charge in [-0.05, 0) is 39.8 Å². The Morgan fingerprint density at radius 2 is 1.37 bits per heavy atom. The van der Waals surface area contributed by atoms with Gasteiger partial charge in [-0.2, -0.15) is 0 Å². The zero-order valence-corrected chi connectivity index (χ0v) is 16.1. The number of carbonyl (C=O) groups excluding carboxylic acids is 3. The molecule has 1 aromatic carbocycles. The molecule has 1 aliphatic rings. The molecule has 0 amide bonds. The van der Waals surface area contributed by atoms with Crippen LogP contribution in [0.25, 0.3) is 0 Å². The number of piperidine rings is 1. The van der Waals surface area contributed by atoms with Crippen molar-refractivity contribution < 1.29 is 28.6 Å². The highest BCUT2D eigenvalue weighted by Crippen LogP contribution is 2.31. The van der Waals surface area contributed by atoms with Crippen LogP contribution in [0.3, 0.4) is 0 Å². The molecule has 2 rings (SSSR count). The lowest BCUT2D eigenvalue weighted by Crippen LogP contribution is -2.63. The molecule has 0 aromatic heterocycles. The Bertz CT molecular complexity index is 632. The van der Waals surface area contributed by atoms with Crippen LogP contribution in [0.4, 0.5) is 0 Å². The van der Waals surface area contributed by atoms with E-state index in [9.17, 15) is 14.4 Å². The Balaban J connectivity index is 2.37. The minimum Gasteiger partial charge on any atom is -0.466 e. The van der Waals surface area contributed by atoms with Gasteiger partial charge in [0.1, 0.15) is 17.9 Å². The van der Waals surface area contributed by atoms with Crippen molar-refractivity contribution in [2.75, 3.05) is 13.2 Å². The zero-order chi connectivity index (χ0) is 20.0. The summed E-state index contributed by atoms with van der Waals surface area (Å²) >= 11 is 0. The number of hydrogen-bond donors (Lipinski definition) is 1. The summed E-state index contributed by atoms with van der Waals surface area (Å²) in [5.41, 5.74) is 0.349. The topological polar surface area (TPSA) is 90.9 Å². The van der Waals surface area contributed by atoms with Gasteiger partial charge in [0, 0.05) is 12.1 Å². The molecule has 0 radical (unpaired) electrons. The van der Waals surface area contributed by atoms with Crippen molar-refractivity contribution in [2.45, 2.75) is 45.9 Å². The standard InChI is InChI=1S/C20H27NO6/c1-5-25-19(23)15-12(3)21-13(4)16(20(24)26-6-2)17(15)27-18(22)14-10-8-7-9-11-14/h7-13,15-17,21H,5-6H2,1-4H3. The van der Waals surface area contributed by atoms with Crippen molar-refractivity contribution in [1.29, 1.82) is 0 Å². The minimum absolute atomic E-state index is 0.195.